The molecule has 1 amide bonds. The molecule has 0 aromatic heterocycles. The van der Waals surface area contributed by atoms with Gasteiger partial charge in [-0.2, -0.15) is 0 Å². The van der Waals surface area contributed by atoms with Crippen molar-refractivity contribution in [3.63, 3.8) is 0 Å². The Kier molecular flexibility index (Phi) is 4.71. The van der Waals surface area contributed by atoms with E-state index in [0.29, 0.717) is 30.3 Å². The standard InChI is InChI=1S/C18H16ClNO4/c19-13-5-7-14(8-6-13)20-10-12(9-17(20)21)11-24-16-4-2-1-3-15(16)18(22)23/h1-8,12H,9-11H2,(H,22,23). The molecule has 0 spiro atoms. The first-order chi connectivity index (χ1) is 11.5. The number of aromatic carboxylic acids is 1. The largest absolute Gasteiger partial charge is 0.492 e. The maximum Gasteiger partial charge on any atom is 0.339 e. The molecule has 1 N–H and O–H groups in total. The van der Waals surface area contributed by atoms with Gasteiger partial charge in [0.15, 0.2) is 0 Å². The lowest BCUT2D eigenvalue weighted by Crippen LogP contribution is -2.25. The molecule has 1 unspecified atom stereocenters. The van der Waals surface area contributed by atoms with Crippen LogP contribution >= 0.6 is 11.6 Å². The van der Waals surface area contributed by atoms with Crippen molar-refractivity contribution in [2.45, 2.75) is 6.42 Å². The number of carboxylic acid groups (broad SMARTS) is 1. The highest BCUT2D eigenvalue weighted by atomic mass is 35.5. The molecule has 6 heteroatoms. The Balaban J connectivity index is 1.65. The molecule has 5 nitrogen and oxygen atoms in total. The minimum atomic E-state index is -1.03. The lowest BCUT2D eigenvalue weighted by atomic mass is 10.1. The Morgan fingerprint density at radius 2 is 1.92 bits per heavy atom. The molecule has 0 saturated carbocycles. The van der Waals surface area contributed by atoms with Gasteiger partial charge in [-0.25, -0.2) is 4.79 Å². The Labute approximate surface area is 144 Å². The number of carboxylic acids is 1. The molecule has 0 bridgehead atoms. The fraction of sp³-hybridized carbons (Fsp3) is 0.222. The van der Waals surface area contributed by atoms with E-state index >= 15 is 0 Å². The smallest absolute Gasteiger partial charge is 0.339 e. The molecule has 1 aliphatic rings. The molecule has 1 saturated heterocycles. The summed E-state index contributed by atoms with van der Waals surface area (Å²) in [6.45, 7) is 0.829. The van der Waals surface area contributed by atoms with Gasteiger partial charge in [0.2, 0.25) is 5.91 Å². The van der Waals surface area contributed by atoms with Gasteiger partial charge in [-0.3, -0.25) is 4.79 Å². The first-order valence-corrected chi connectivity index (χ1v) is 7.93. The average molecular weight is 346 g/mol. The van der Waals surface area contributed by atoms with E-state index in [1.165, 1.54) is 6.07 Å². The summed E-state index contributed by atoms with van der Waals surface area (Å²) in [5, 5.41) is 9.78. The van der Waals surface area contributed by atoms with Gasteiger partial charge in [0.25, 0.3) is 0 Å². The number of ether oxygens (including phenoxy) is 1. The normalized spacial score (nSPS) is 17.1. The second-order valence-electron chi connectivity index (χ2n) is 5.66. The number of hydrogen-bond donors (Lipinski definition) is 1. The summed E-state index contributed by atoms with van der Waals surface area (Å²) >= 11 is 5.87. The van der Waals surface area contributed by atoms with Gasteiger partial charge in [0, 0.05) is 29.6 Å². The van der Waals surface area contributed by atoms with Crippen LogP contribution in [-0.2, 0) is 4.79 Å². The quantitative estimate of drug-likeness (QED) is 0.901. The lowest BCUT2D eigenvalue weighted by molar-refractivity contribution is -0.117. The molecular weight excluding hydrogens is 330 g/mol. The van der Waals surface area contributed by atoms with E-state index in [0.717, 1.165) is 5.69 Å². The number of para-hydroxylation sites is 1. The summed E-state index contributed by atoms with van der Waals surface area (Å²) in [6, 6.07) is 13.6. The summed E-state index contributed by atoms with van der Waals surface area (Å²) in [4.78, 5) is 25.1. The predicted molar refractivity (Wildman–Crippen MR) is 90.8 cm³/mol. The second-order valence-corrected chi connectivity index (χ2v) is 6.10. The van der Waals surface area contributed by atoms with E-state index in [1.807, 2.05) is 12.1 Å². The summed E-state index contributed by atoms with van der Waals surface area (Å²) in [6.07, 6.45) is 0.373. The summed E-state index contributed by atoms with van der Waals surface area (Å²) in [5.74, 6) is -0.675. The van der Waals surface area contributed by atoms with Crippen molar-refractivity contribution in [3.8, 4) is 5.75 Å². The predicted octanol–water partition coefficient (Wildman–Crippen LogP) is 3.47. The van der Waals surface area contributed by atoms with Crippen molar-refractivity contribution in [1.29, 1.82) is 0 Å². The molecule has 3 rings (SSSR count). The van der Waals surface area contributed by atoms with E-state index in [1.54, 1.807) is 35.2 Å². The van der Waals surface area contributed by atoms with Crippen LogP contribution in [-0.4, -0.2) is 30.1 Å². The van der Waals surface area contributed by atoms with Gasteiger partial charge in [0.1, 0.15) is 11.3 Å². The van der Waals surface area contributed by atoms with Crippen LogP contribution in [0.5, 0.6) is 5.75 Å². The SMILES string of the molecule is O=C(O)c1ccccc1OCC1CC(=O)N(c2ccc(Cl)cc2)C1. The van der Waals surface area contributed by atoms with Gasteiger partial charge < -0.3 is 14.7 Å². The summed E-state index contributed by atoms with van der Waals surface area (Å²) in [7, 11) is 0. The molecule has 2 aromatic carbocycles. The van der Waals surface area contributed by atoms with Crippen molar-refractivity contribution >= 4 is 29.2 Å². The number of carbonyl (C=O) groups excluding carboxylic acids is 1. The molecule has 1 atom stereocenters. The Hall–Kier alpha value is -2.53. The first kappa shape index (κ1) is 16.3. The van der Waals surface area contributed by atoms with Crippen molar-refractivity contribution in [2.24, 2.45) is 5.92 Å². The average Bonchev–Trinajstić information content (AvgIpc) is 2.95. The van der Waals surface area contributed by atoms with Crippen LogP contribution in [0.1, 0.15) is 16.8 Å². The summed E-state index contributed by atoms with van der Waals surface area (Å²) in [5.41, 5.74) is 0.925. The number of amides is 1. The fourth-order valence-electron chi connectivity index (χ4n) is 2.74. The number of rotatable bonds is 5. The highest BCUT2D eigenvalue weighted by molar-refractivity contribution is 6.30. The second kappa shape index (κ2) is 6.93. The maximum absolute atomic E-state index is 12.2. The third-order valence-electron chi connectivity index (χ3n) is 3.94. The van der Waals surface area contributed by atoms with E-state index in [2.05, 4.69) is 0 Å². The molecule has 1 fully saturated rings. The van der Waals surface area contributed by atoms with Crippen molar-refractivity contribution in [1.82, 2.24) is 0 Å². The minimum Gasteiger partial charge on any atom is -0.492 e. The number of hydrogen-bond acceptors (Lipinski definition) is 3. The molecule has 0 aliphatic carbocycles. The topological polar surface area (TPSA) is 66.8 Å². The molecular formula is C18H16ClNO4. The van der Waals surface area contributed by atoms with Crippen LogP contribution in [0.3, 0.4) is 0 Å². The van der Waals surface area contributed by atoms with Crippen LogP contribution in [0.4, 0.5) is 5.69 Å². The van der Waals surface area contributed by atoms with Crippen molar-refractivity contribution in [3.05, 3.63) is 59.1 Å². The maximum atomic E-state index is 12.2. The van der Waals surface area contributed by atoms with E-state index < -0.39 is 5.97 Å². The van der Waals surface area contributed by atoms with Gasteiger partial charge in [-0.05, 0) is 36.4 Å². The first-order valence-electron chi connectivity index (χ1n) is 7.55. The lowest BCUT2D eigenvalue weighted by Gasteiger charge is -2.17. The van der Waals surface area contributed by atoms with Gasteiger partial charge in [-0.1, -0.05) is 23.7 Å². The molecule has 0 radical (unpaired) electrons. The van der Waals surface area contributed by atoms with E-state index in [4.69, 9.17) is 21.4 Å². The third-order valence-corrected chi connectivity index (χ3v) is 4.19. The number of anilines is 1. The number of halogens is 1. The molecule has 2 aromatic rings. The Morgan fingerprint density at radius 3 is 2.62 bits per heavy atom. The highest BCUT2D eigenvalue weighted by Crippen LogP contribution is 2.27. The van der Waals surface area contributed by atoms with E-state index in [9.17, 15) is 9.59 Å². The van der Waals surface area contributed by atoms with Crippen LogP contribution in [0, 0.1) is 5.92 Å². The van der Waals surface area contributed by atoms with Crippen molar-refractivity contribution in [2.75, 3.05) is 18.1 Å². The van der Waals surface area contributed by atoms with Gasteiger partial charge in [0.05, 0.1) is 6.61 Å². The van der Waals surface area contributed by atoms with Crippen LogP contribution in [0.2, 0.25) is 5.02 Å². The number of carbonyl (C=O) groups is 2. The Morgan fingerprint density at radius 1 is 1.21 bits per heavy atom. The zero-order valence-electron chi connectivity index (χ0n) is 12.8. The van der Waals surface area contributed by atoms with Gasteiger partial charge >= 0.3 is 5.97 Å². The van der Waals surface area contributed by atoms with E-state index in [-0.39, 0.29) is 17.4 Å². The highest BCUT2D eigenvalue weighted by Gasteiger charge is 2.31. The van der Waals surface area contributed by atoms with Gasteiger partial charge in [-0.15, -0.1) is 0 Å². The van der Waals surface area contributed by atoms with Crippen LogP contribution in [0.15, 0.2) is 48.5 Å². The monoisotopic (exact) mass is 345 g/mol. The Bertz CT molecular complexity index is 760. The molecule has 24 heavy (non-hydrogen) atoms. The molecule has 1 heterocycles. The minimum absolute atomic E-state index is 0.00929. The molecule has 1 aliphatic heterocycles. The van der Waals surface area contributed by atoms with Crippen LogP contribution < -0.4 is 9.64 Å². The third kappa shape index (κ3) is 3.51. The van der Waals surface area contributed by atoms with Crippen LogP contribution in [0.25, 0.3) is 0 Å². The zero-order chi connectivity index (χ0) is 17.1. The number of nitrogens with zero attached hydrogens (tertiary/aromatic N) is 1. The number of benzene rings is 2. The zero-order valence-corrected chi connectivity index (χ0v) is 13.6. The summed E-state index contributed by atoms with van der Waals surface area (Å²) < 4.78 is 5.65. The molecule has 124 valence electrons. The fourth-order valence-corrected chi connectivity index (χ4v) is 2.87. The van der Waals surface area contributed by atoms with Crippen molar-refractivity contribution < 1.29 is 19.4 Å².